The first kappa shape index (κ1) is 36.9. The summed E-state index contributed by atoms with van der Waals surface area (Å²) in [6.07, 6.45) is 23.2. The van der Waals surface area contributed by atoms with Gasteiger partial charge < -0.3 is 9.47 Å². The van der Waals surface area contributed by atoms with Crippen LogP contribution in [0.3, 0.4) is 0 Å². The molecule has 2 unspecified atom stereocenters. The summed E-state index contributed by atoms with van der Waals surface area (Å²) >= 11 is 0. The van der Waals surface area contributed by atoms with Crippen molar-refractivity contribution in [3.05, 3.63) is 96.2 Å². The second-order valence-corrected chi connectivity index (χ2v) is 13.0. The molecule has 5 aromatic rings. The van der Waals surface area contributed by atoms with Crippen LogP contribution in [0, 0.1) is 42.6 Å². The Balaban J connectivity index is 1.55. The van der Waals surface area contributed by atoms with Gasteiger partial charge in [-0.15, -0.1) is 12.8 Å². The van der Waals surface area contributed by atoms with Crippen molar-refractivity contribution in [3.8, 4) is 75.9 Å². The van der Waals surface area contributed by atoms with Gasteiger partial charge in [0.2, 0.25) is 0 Å². The second kappa shape index (κ2) is 18.6. The fourth-order valence-electron chi connectivity index (χ4n) is 6.16. The fraction of sp³-hybridized carbons (Fsp3) is 0.356. The van der Waals surface area contributed by atoms with Crippen LogP contribution in [-0.4, -0.2) is 33.0 Å². The lowest BCUT2D eigenvalue weighted by Crippen LogP contribution is -2.11. The first-order valence-corrected chi connectivity index (χ1v) is 18.4. The minimum absolute atomic E-state index is 0.480. The molecule has 2 atom stereocenters. The normalized spacial score (nSPS) is 12.1. The third-order valence-corrected chi connectivity index (χ3v) is 9.43. The summed E-state index contributed by atoms with van der Waals surface area (Å²) in [7, 11) is 0. The zero-order valence-electron chi connectivity index (χ0n) is 30.5. The van der Waals surface area contributed by atoms with Crippen molar-refractivity contribution in [1.29, 1.82) is 0 Å². The largest absolute Gasteiger partial charge is 0.493 e. The highest BCUT2D eigenvalue weighted by Gasteiger charge is 2.19. The molecule has 0 saturated heterocycles. The molecule has 0 amide bonds. The number of unbranched alkanes of at least 4 members (excludes halogenated alkanes) is 2. The molecule has 3 aromatic carbocycles. The molecule has 0 saturated carbocycles. The quantitative estimate of drug-likeness (QED) is 0.0864. The average Bonchev–Trinajstić information content (AvgIpc) is 3.68. The molecule has 0 spiro atoms. The van der Waals surface area contributed by atoms with E-state index in [1.165, 1.54) is 25.7 Å². The van der Waals surface area contributed by atoms with Crippen LogP contribution in [0.5, 0.6) is 11.5 Å². The molecule has 0 bridgehead atoms. The molecular formula is C45H49N4O2. The van der Waals surface area contributed by atoms with Gasteiger partial charge in [0.1, 0.15) is 11.5 Å². The summed E-state index contributed by atoms with van der Waals surface area (Å²) in [5.41, 5.74) is 5.86. The van der Waals surface area contributed by atoms with Crippen molar-refractivity contribution in [1.82, 2.24) is 19.7 Å². The monoisotopic (exact) mass is 677 g/mol. The Morgan fingerprint density at radius 2 is 1.35 bits per heavy atom. The number of hydrogen-bond donors (Lipinski definition) is 0. The number of nitrogens with zero attached hydrogens (tertiary/aromatic N) is 4. The Bertz CT molecular complexity index is 1850. The Morgan fingerprint density at radius 1 is 0.745 bits per heavy atom. The number of aromatic nitrogens is 4. The zero-order chi connectivity index (χ0) is 36.0. The molecule has 6 nitrogen and oxygen atoms in total. The van der Waals surface area contributed by atoms with Crippen molar-refractivity contribution in [2.24, 2.45) is 11.8 Å². The van der Waals surface area contributed by atoms with Crippen LogP contribution in [0.2, 0.25) is 0 Å². The van der Waals surface area contributed by atoms with Crippen molar-refractivity contribution < 1.29 is 9.47 Å². The number of benzene rings is 3. The van der Waals surface area contributed by atoms with Crippen molar-refractivity contribution in [3.63, 3.8) is 0 Å². The minimum Gasteiger partial charge on any atom is -0.493 e. The molecule has 0 aliphatic heterocycles. The van der Waals surface area contributed by atoms with Crippen LogP contribution in [0.4, 0.5) is 0 Å². The van der Waals surface area contributed by atoms with Gasteiger partial charge in [0.25, 0.3) is 0 Å². The topological polar surface area (TPSA) is 62.1 Å². The maximum atomic E-state index is 6.26. The lowest BCUT2D eigenvalue weighted by Gasteiger charge is -2.17. The van der Waals surface area contributed by atoms with Gasteiger partial charge >= 0.3 is 0 Å². The Kier molecular flexibility index (Phi) is 13.5. The van der Waals surface area contributed by atoms with Crippen LogP contribution in [0.25, 0.3) is 39.7 Å². The first-order chi connectivity index (χ1) is 25.0. The predicted octanol–water partition coefficient (Wildman–Crippen LogP) is 10.6. The van der Waals surface area contributed by atoms with E-state index in [-0.39, 0.29) is 0 Å². The molecule has 51 heavy (non-hydrogen) atoms. The molecule has 1 radical (unpaired) electrons. The smallest absolute Gasteiger partial charge is 0.161 e. The van der Waals surface area contributed by atoms with Gasteiger partial charge in [-0.05, 0) is 91.4 Å². The summed E-state index contributed by atoms with van der Waals surface area (Å²) < 4.78 is 14.3. The highest BCUT2D eigenvalue weighted by Crippen LogP contribution is 2.34. The summed E-state index contributed by atoms with van der Waals surface area (Å²) in [6, 6.07) is 26.4. The van der Waals surface area contributed by atoms with E-state index >= 15 is 0 Å². The van der Waals surface area contributed by atoms with E-state index in [4.69, 9.17) is 32.3 Å². The summed E-state index contributed by atoms with van der Waals surface area (Å²) in [5.74, 6) is 8.72. The second-order valence-electron chi connectivity index (χ2n) is 13.0. The van der Waals surface area contributed by atoms with E-state index in [0.29, 0.717) is 53.4 Å². The molecule has 261 valence electrons. The van der Waals surface area contributed by atoms with E-state index in [2.05, 4.69) is 50.7 Å². The van der Waals surface area contributed by atoms with Gasteiger partial charge in [-0.3, -0.25) is 0 Å². The van der Waals surface area contributed by atoms with Crippen molar-refractivity contribution >= 4 is 0 Å². The van der Waals surface area contributed by atoms with Gasteiger partial charge in [0.05, 0.1) is 42.2 Å². The van der Waals surface area contributed by atoms with Crippen molar-refractivity contribution in [2.75, 3.05) is 13.2 Å². The molecule has 5 rings (SSSR count). The summed E-state index contributed by atoms with van der Waals surface area (Å²) in [6.45, 7) is 10.2. The third kappa shape index (κ3) is 9.47. The maximum Gasteiger partial charge on any atom is 0.161 e. The van der Waals surface area contributed by atoms with Crippen LogP contribution in [-0.2, 0) is 0 Å². The fourth-order valence-corrected chi connectivity index (χ4v) is 6.16. The van der Waals surface area contributed by atoms with Crippen LogP contribution < -0.4 is 9.47 Å². The summed E-state index contributed by atoms with van der Waals surface area (Å²) in [5, 5.41) is 4.62. The van der Waals surface area contributed by atoms with Gasteiger partial charge in [0, 0.05) is 22.3 Å². The molecule has 0 aliphatic rings. The van der Waals surface area contributed by atoms with E-state index in [9.17, 15) is 0 Å². The highest BCUT2D eigenvalue weighted by molar-refractivity contribution is 5.77. The molecule has 2 heterocycles. The molecule has 0 aliphatic carbocycles. The maximum absolute atomic E-state index is 6.26. The molecule has 2 aromatic heterocycles. The Hall–Kier alpha value is -5.33. The molecule has 0 fully saturated rings. The van der Waals surface area contributed by atoms with Gasteiger partial charge in [0.15, 0.2) is 5.82 Å². The zero-order valence-corrected chi connectivity index (χ0v) is 30.5. The molecule has 6 heteroatoms. The SMILES string of the molecule is C#Cc1cc(OCC(CC)CCCC)ccc1-c1cc(-c2ccnn2-c2c[c]ccc2)nc(-c2ccc(OCC(CC)CCCC)cc2C#C)n1. The van der Waals surface area contributed by atoms with Crippen LogP contribution in [0.15, 0.2) is 79.0 Å². The van der Waals surface area contributed by atoms with E-state index in [0.717, 1.165) is 59.7 Å². The predicted molar refractivity (Wildman–Crippen MR) is 208 cm³/mol. The van der Waals surface area contributed by atoms with Crippen LogP contribution >= 0.6 is 0 Å². The number of ether oxygens (including phenoxy) is 2. The highest BCUT2D eigenvalue weighted by atomic mass is 16.5. The van der Waals surface area contributed by atoms with Crippen molar-refractivity contribution in [2.45, 2.75) is 79.1 Å². The molecular weight excluding hydrogens is 629 g/mol. The minimum atomic E-state index is 0.480. The number of terminal acetylenes is 2. The van der Waals surface area contributed by atoms with Gasteiger partial charge in [-0.25, -0.2) is 14.6 Å². The first-order valence-electron chi connectivity index (χ1n) is 18.4. The summed E-state index contributed by atoms with van der Waals surface area (Å²) in [4.78, 5) is 10.2. The van der Waals surface area contributed by atoms with E-state index in [1.807, 2.05) is 77.5 Å². The van der Waals surface area contributed by atoms with Gasteiger partial charge in [-0.2, -0.15) is 5.10 Å². The lowest BCUT2D eigenvalue weighted by molar-refractivity contribution is 0.233. The Morgan fingerprint density at radius 3 is 1.92 bits per heavy atom. The molecule has 0 N–H and O–H groups in total. The third-order valence-electron chi connectivity index (χ3n) is 9.43. The standard InChI is InChI=1S/C45H49N4O2/c1-7-13-18-33(9-3)31-50-38-22-24-40(35(11-5)28-38)42-30-43(44-26-27-46-49(44)37-20-16-15-17-21-37)48-45(47-42)41-25-23-39(29-36(41)12-6)51-32-34(10-4)19-14-8-2/h5-6,15-16,20-30,33-34H,7-10,13-14,18-19,31-32H2,1-4H3. The van der Waals surface area contributed by atoms with Gasteiger partial charge in [-0.1, -0.05) is 90.2 Å². The number of hydrogen-bond acceptors (Lipinski definition) is 5. The Labute approximate surface area is 304 Å². The van der Waals surface area contributed by atoms with E-state index < -0.39 is 0 Å². The average molecular weight is 678 g/mol. The number of rotatable bonds is 18. The lowest BCUT2D eigenvalue weighted by atomic mass is 10.00. The van der Waals surface area contributed by atoms with Crippen LogP contribution in [0.1, 0.15) is 90.2 Å². The van der Waals surface area contributed by atoms with E-state index in [1.54, 1.807) is 6.20 Å².